The van der Waals surface area contributed by atoms with E-state index in [0.29, 0.717) is 36.2 Å². The summed E-state index contributed by atoms with van der Waals surface area (Å²) >= 11 is 0. The van der Waals surface area contributed by atoms with Crippen LogP contribution < -0.4 is 10.9 Å². The van der Waals surface area contributed by atoms with Gasteiger partial charge < -0.3 is 10.4 Å². The molecule has 0 unspecified atom stereocenters. The molecular formula is C19H23N3O4. The summed E-state index contributed by atoms with van der Waals surface area (Å²) in [6, 6.07) is 7.14. The lowest BCUT2D eigenvalue weighted by Crippen LogP contribution is -2.33. The number of aryl methyl sites for hydroxylation is 1. The zero-order chi connectivity index (χ0) is 18.5. The Bertz CT molecular complexity index is 853. The van der Waals surface area contributed by atoms with Crippen LogP contribution >= 0.6 is 0 Å². The van der Waals surface area contributed by atoms with Crippen molar-refractivity contribution in [1.82, 2.24) is 14.9 Å². The van der Waals surface area contributed by atoms with E-state index < -0.39 is 5.97 Å². The molecule has 7 heteroatoms. The van der Waals surface area contributed by atoms with Gasteiger partial charge in [-0.15, -0.1) is 0 Å². The number of hydrogen-bond acceptors (Lipinski definition) is 4. The van der Waals surface area contributed by atoms with E-state index in [-0.39, 0.29) is 30.3 Å². The van der Waals surface area contributed by atoms with Crippen molar-refractivity contribution < 1.29 is 14.7 Å². The zero-order valence-corrected chi connectivity index (χ0v) is 14.6. The Kier molecular flexibility index (Phi) is 5.65. The molecule has 3 rings (SSSR count). The number of nitrogens with one attached hydrogen (secondary N) is 1. The highest BCUT2D eigenvalue weighted by Crippen LogP contribution is 2.28. The van der Waals surface area contributed by atoms with Crippen LogP contribution in [0.5, 0.6) is 0 Å². The molecule has 7 nitrogen and oxygen atoms in total. The predicted octanol–water partition coefficient (Wildman–Crippen LogP) is 1.79. The van der Waals surface area contributed by atoms with E-state index in [0.717, 1.165) is 12.8 Å². The molecular weight excluding hydrogens is 334 g/mol. The van der Waals surface area contributed by atoms with Crippen molar-refractivity contribution >= 4 is 22.8 Å². The molecule has 1 aromatic heterocycles. The smallest absolute Gasteiger partial charge is 0.306 e. The fourth-order valence-electron chi connectivity index (χ4n) is 3.45. The number of carboxylic acids is 1. The third-order valence-corrected chi connectivity index (χ3v) is 5.10. The van der Waals surface area contributed by atoms with E-state index in [1.807, 2.05) is 6.07 Å². The summed E-state index contributed by atoms with van der Waals surface area (Å²) in [5.41, 5.74) is 0.505. The second kappa shape index (κ2) is 8.12. The first kappa shape index (κ1) is 18.1. The van der Waals surface area contributed by atoms with E-state index in [1.165, 1.54) is 10.9 Å². The maximum Gasteiger partial charge on any atom is 0.306 e. The molecule has 0 atom stereocenters. The monoisotopic (exact) mass is 357 g/mol. The van der Waals surface area contributed by atoms with Crippen LogP contribution in [-0.4, -0.2) is 33.1 Å². The minimum absolute atomic E-state index is 0.106. The van der Waals surface area contributed by atoms with Gasteiger partial charge in [0.05, 0.1) is 23.1 Å². The average Bonchev–Trinajstić information content (AvgIpc) is 2.66. The van der Waals surface area contributed by atoms with Gasteiger partial charge in [-0.25, -0.2) is 4.98 Å². The minimum Gasteiger partial charge on any atom is -0.481 e. The van der Waals surface area contributed by atoms with Crippen LogP contribution in [0.1, 0.15) is 32.1 Å². The van der Waals surface area contributed by atoms with Crippen LogP contribution in [0, 0.1) is 11.8 Å². The second-order valence-electron chi connectivity index (χ2n) is 6.87. The lowest BCUT2D eigenvalue weighted by Gasteiger charge is -2.26. The average molecular weight is 357 g/mol. The van der Waals surface area contributed by atoms with Gasteiger partial charge in [0, 0.05) is 19.5 Å². The van der Waals surface area contributed by atoms with Gasteiger partial charge >= 0.3 is 5.97 Å². The normalized spacial score (nSPS) is 20.0. The van der Waals surface area contributed by atoms with Crippen molar-refractivity contribution in [2.45, 2.75) is 38.6 Å². The second-order valence-corrected chi connectivity index (χ2v) is 6.87. The molecule has 26 heavy (non-hydrogen) atoms. The van der Waals surface area contributed by atoms with Crippen LogP contribution in [0.4, 0.5) is 0 Å². The van der Waals surface area contributed by atoms with Crippen molar-refractivity contribution in [3.8, 4) is 0 Å². The summed E-state index contributed by atoms with van der Waals surface area (Å²) in [7, 11) is 0. The minimum atomic E-state index is -0.720. The highest BCUT2D eigenvalue weighted by atomic mass is 16.4. The maximum atomic E-state index is 12.4. The van der Waals surface area contributed by atoms with Gasteiger partial charge in [0.25, 0.3) is 5.56 Å². The summed E-state index contributed by atoms with van der Waals surface area (Å²) < 4.78 is 1.46. The molecule has 1 fully saturated rings. The Hall–Kier alpha value is -2.70. The van der Waals surface area contributed by atoms with Crippen LogP contribution in [0.3, 0.4) is 0 Å². The van der Waals surface area contributed by atoms with Crippen molar-refractivity contribution in [3.63, 3.8) is 0 Å². The first-order valence-corrected chi connectivity index (χ1v) is 8.98. The molecule has 1 aromatic carbocycles. The quantitative estimate of drug-likeness (QED) is 0.821. The van der Waals surface area contributed by atoms with Gasteiger partial charge in [0.2, 0.25) is 5.91 Å². The Balaban J connectivity index is 1.47. The van der Waals surface area contributed by atoms with Gasteiger partial charge in [-0.2, -0.15) is 0 Å². The van der Waals surface area contributed by atoms with Crippen LogP contribution in [0.15, 0.2) is 35.4 Å². The fraction of sp³-hybridized carbons (Fsp3) is 0.474. The Morgan fingerprint density at radius 1 is 1.19 bits per heavy atom. The van der Waals surface area contributed by atoms with Crippen molar-refractivity contribution in [3.05, 3.63) is 40.9 Å². The Morgan fingerprint density at radius 3 is 2.65 bits per heavy atom. The number of amides is 1. The van der Waals surface area contributed by atoms with Gasteiger partial charge in [0.1, 0.15) is 0 Å². The number of aromatic nitrogens is 2. The van der Waals surface area contributed by atoms with E-state index in [1.54, 1.807) is 18.2 Å². The molecule has 138 valence electrons. The first-order valence-electron chi connectivity index (χ1n) is 8.98. The number of rotatable bonds is 6. The van der Waals surface area contributed by atoms with Gasteiger partial charge in [-0.1, -0.05) is 12.1 Å². The highest BCUT2D eigenvalue weighted by Gasteiger charge is 2.25. The molecule has 1 amide bonds. The van der Waals surface area contributed by atoms with E-state index in [2.05, 4.69) is 10.3 Å². The molecule has 1 aliphatic rings. The van der Waals surface area contributed by atoms with E-state index in [9.17, 15) is 14.4 Å². The zero-order valence-electron chi connectivity index (χ0n) is 14.6. The SMILES string of the molecule is O=C(CCn1cnc2ccccc2c1=O)NCC1CCC(C(=O)O)CC1. The van der Waals surface area contributed by atoms with Gasteiger partial charge in [-0.05, 0) is 43.7 Å². The molecule has 0 aliphatic heterocycles. The van der Waals surface area contributed by atoms with Crippen LogP contribution in [-0.2, 0) is 16.1 Å². The number of carbonyl (C=O) groups is 2. The largest absolute Gasteiger partial charge is 0.481 e. The molecule has 1 saturated carbocycles. The fourth-order valence-corrected chi connectivity index (χ4v) is 3.45. The third-order valence-electron chi connectivity index (χ3n) is 5.10. The molecule has 0 bridgehead atoms. The number of para-hydroxylation sites is 1. The Labute approximate surface area is 151 Å². The topological polar surface area (TPSA) is 101 Å². The summed E-state index contributed by atoms with van der Waals surface area (Å²) in [5, 5.41) is 12.5. The van der Waals surface area contributed by atoms with Crippen molar-refractivity contribution in [2.75, 3.05) is 6.54 Å². The van der Waals surface area contributed by atoms with E-state index >= 15 is 0 Å². The van der Waals surface area contributed by atoms with Crippen LogP contribution in [0.2, 0.25) is 0 Å². The molecule has 2 N–H and O–H groups in total. The highest BCUT2D eigenvalue weighted by molar-refractivity contribution is 5.77. The van der Waals surface area contributed by atoms with Gasteiger partial charge in [-0.3, -0.25) is 19.0 Å². The third kappa shape index (κ3) is 4.28. The summed E-state index contributed by atoms with van der Waals surface area (Å²) in [6.07, 6.45) is 4.69. The lowest BCUT2D eigenvalue weighted by molar-refractivity contribution is -0.143. The van der Waals surface area contributed by atoms with Crippen molar-refractivity contribution in [2.24, 2.45) is 11.8 Å². The summed E-state index contributed by atoms with van der Waals surface area (Å²) in [6.45, 7) is 0.851. The Morgan fingerprint density at radius 2 is 1.92 bits per heavy atom. The van der Waals surface area contributed by atoms with Crippen molar-refractivity contribution in [1.29, 1.82) is 0 Å². The molecule has 1 heterocycles. The lowest BCUT2D eigenvalue weighted by atomic mass is 9.82. The number of fused-ring (bicyclic) bond motifs is 1. The number of hydrogen-bond donors (Lipinski definition) is 2. The molecule has 1 aliphatic carbocycles. The molecule has 0 saturated heterocycles. The standard InChI is InChI=1S/C19H23N3O4/c23-17(20-11-13-5-7-14(8-6-13)19(25)26)9-10-22-12-21-16-4-2-1-3-15(16)18(22)24/h1-4,12-14H,5-11H2,(H,20,23)(H,25,26). The summed E-state index contributed by atoms with van der Waals surface area (Å²) in [4.78, 5) is 39.6. The number of carboxylic acid groups (broad SMARTS) is 1. The molecule has 0 spiro atoms. The maximum absolute atomic E-state index is 12.4. The number of benzene rings is 1. The van der Waals surface area contributed by atoms with E-state index in [4.69, 9.17) is 5.11 Å². The first-order chi connectivity index (χ1) is 12.5. The number of aliphatic carboxylic acids is 1. The van der Waals surface area contributed by atoms with Gasteiger partial charge in [0.15, 0.2) is 0 Å². The molecule has 0 radical (unpaired) electrons. The number of carbonyl (C=O) groups excluding carboxylic acids is 1. The predicted molar refractivity (Wildman–Crippen MR) is 96.7 cm³/mol. The summed E-state index contributed by atoms with van der Waals surface area (Å²) in [5.74, 6) is -0.735. The van der Waals surface area contributed by atoms with Crippen LogP contribution in [0.25, 0.3) is 10.9 Å². The number of nitrogens with zero attached hydrogens (tertiary/aromatic N) is 2. The molecule has 2 aromatic rings.